The summed E-state index contributed by atoms with van der Waals surface area (Å²) >= 11 is 0. The van der Waals surface area contributed by atoms with E-state index in [2.05, 4.69) is 0 Å². The molecular weight excluding hydrogens is 76.1 g/mol. The van der Waals surface area contributed by atoms with E-state index in [1.807, 2.05) is 0 Å². The van der Waals surface area contributed by atoms with Crippen LogP contribution in [-0.4, -0.2) is 14.0 Å². The molecule has 1 N–H and O–H groups in total. The molecule has 0 spiro atoms. The van der Waals surface area contributed by atoms with Gasteiger partial charge in [-0.1, -0.05) is 0 Å². The Morgan fingerprint density at radius 1 is 2.00 bits per heavy atom. The van der Waals surface area contributed by atoms with Crippen LogP contribution < -0.4 is 4.80 Å². The van der Waals surface area contributed by atoms with Gasteiger partial charge in [-0.05, 0) is 0 Å². The normalized spacial score (nSPS) is 6.00. The lowest BCUT2D eigenvalue weighted by Crippen LogP contribution is -2.17. The fourth-order valence-electron chi connectivity index (χ4n) is 0. The van der Waals surface area contributed by atoms with E-state index in [-0.39, 0.29) is 0 Å². The van der Waals surface area contributed by atoms with E-state index >= 15 is 0 Å². The molecule has 0 saturated carbocycles. The van der Waals surface area contributed by atoms with Crippen LogP contribution in [0.25, 0.3) is 0 Å². The second-order valence-electron chi connectivity index (χ2n) is 0.266. The topological polar surface area (TPSA) is 60.4 Å². The Balaban J connectivity index is 2.80. The first-order chi connectivity index (χ1) is 1.73. The highest BCUT2D eigenvalue weighted by Gasteiger charge is 1.59. The van der Waals surface area contributed by atoms with Crippen LogP contribution >= 0.6 is 0 Å². The van der Waals surface area contributed by atoms with Crippen molar-refractivity contribution >= 4 is 9.17 Å². The number of hydrogen-bond acceptors (Lipinski definition) is 2. The molecule has 4 heteroatoms. The highest BCUT2D eigenvalue weighted by atomic mass is 28.3. The second-order valence-corrected chi connectivity index (χ2v) is 0.798. The van der Waals surface area contributed by atoms with Gasteiger partial charge in [0.25, 0.3) is 0 Å². The van der Waals surface area contributed by atoms with Gasteiger partial charge in [0, 0.05) is 0 Å². The molecule has 24 valence electrons. The lowest BCUT2D eigenvalue weighted by molar-refractivity contribution is -0.223. The van der Waals surface area contributed by atoms with Crippen molar-refractivity contribution in [3.8, 4) is 0 Å². The molecule has 4 heavy (non-hydrogen) atoms. The average Bonchev–Trinajstić information content (AvgIpc) is 0.811. The summed E-state index contributed by atoms with van der Waals surface area (Å²) in [5.74, 6) is 0. The van der Waals surface area contributed by atoms with Crippen molar-refractivity contribution in [2.45, 2.75) is 0 Å². The van der Waals surface area contributed by atoms with Crippen molar-refractivity contribution in [1.29, 1.82) is 0 Å². The van der Waals surface area contributed by atoms with Gasteiger partial charge < -0.3 is 14.1 Å². The largest absolute Gasteiger partial charge is 0.604 e. The Bertz CT molecular complexity index is 26.3. The predicted molar refractivity (Wildman–Crippen MR) is 8.66 cm³/mol. The Labute approximate surface area is 24.4 Å². The third-order valence-electron chi connectivity index (χ3n) is 0. The lowest BCUT2D eigenvalue weighted by Gasteiger charge is -1.71. The lowest BCUT2D eigenvalue weighted by atomic mass is 15.8. The van der Waals surface area contributed by atoms with Crippen LogP contribution in [0, 0.1) is 0 Å². The summed E-state index contributed by atoms with van der Waals surface area (Å²) in [5.41, 5.74) is 0. The average molecular weight is 77.1 g/mol. The van der Waals surface area contributed by atoms with Gasteiger partial charge in [-0.2, -0.15) is 0 Å². The first-order valence-corrected chi connectivity index (χ1v) is 1.90. The summed E-state index contributed by atoms with van der Waals surface area (Å²) < 4.78 is 8.63. The van der Waals surface area contributed by atoms with Crippen molar-refractivity contribution in [2.75, 3.05) is 0 Å². The fraction of sp³-hybridized carbons (Fsp3) is 0. The van der Waals surface area contributed by atoms with E-state index in [9.17, 15) is 0 Å². The van der Waals surface area contributed by atoms with Crippen molar-refractivity contribution in [3.63, 3.8) is 0 Å². The Hall–Kier alpha value is -0.383. The molecule has 0 rings (SSSR count). The van der Waals surface area contributed by atoms with Crippen LogP contribution in [0.1, 0.15) is 0 Å². The van der Waals surface area contributed by atoms with E-state index in [1.54, 1.807) is 0 Å². The molecule has 0 bridgehead atoms. The molecule has 0 aliphatic heterocycles. The fourth-order valence-corrected chi connectivity index (χ4v) is 0. The van der Waals surface area contributed by atoms with Gasteiger partial charge in [-0.15, -0.1) is 0 Å². The molecule has 0 aromatic heterocycles. The summed E-state index contributed by atoms with van der Waals surface area (Å²) in [6, 6.07) is 0. The van der Waals surface area contributed by atoms with Crippen LogP contribution in [0.5, 0.6) is 0 Å². The van der Waals surface area contributed by atoms with Crippen LogP contribution in [0.3, 0.4) is 0 Å². The van der Waals surface area contributed by atoms with Crippen LogP contribution in [-0.2, 0) is 4.46 Å². The third kappa shape index (κ3) is 4.19. The Morgan fingerprint density at radius 3 is 2.00 bits per heavy atom. The van der Waals surface area contributed by atoms with E-state index < -0.39 is 9.17 Å². The predicted octanol–water partition coefficient (Wildman–Crippen LogP) is -2.25. The Kier molecular flexibility index (Phi) is 0.903. The number of rotatable bonds is 0. The minimum Gasteiger partial charge on any atom is -0.604 e. The maximum absolute atomic E-state index is 8.63. The second kappa shape index (κ2) is 0.999. The first kappa shape index (κ1) is 3.62. The van der Waals surface area contributed by atoms with Crippen molar-refractivity contribution in [2.24, 2.45) is 0 Å². The smallest absolute Gasteiger partial charge is 0.410 e. The van der Waals surface area contributed by atoms with Crippen molar-refractivity contribution in [3.05, 3.63) is 0 Å². The SMILES string of the molecule is O=[Si]([O-])O. The molecule has 3 nitrogen and oxygen atoms in total. The van der Waals surface area contributed by atoms with Crippen molar-refractivity contribution < 1.29 is 14.1 Å². The van der Waals surface area contributed by atoms with Crippen LogP contribution in [0.2, 0.25) is 0 Å². The van der Waals surface area contributed by atoms with Crippen LogP contribution in [0.4, 0.5) is 0 Å². The zero-order valence-corrected chi connectivity index (χ0v) is 2.76. The summed E-state index contributed by atoms with van der Waals surface area (Å²) in [4.78, 5) is 15.7. The quantitative estimate of drug-likeness (QED) is 0.332. The van der Waals surface area contributed by atoms with Gasteiger partial charge in [-0.3, -0.25) is 0 Å². The molecule has 0 saturated heterocycles. The van der Waals surface area contributed by atoms with Gasteiger partial charge in [0.2, 0.25) is 0 Å². The Morgan fingerprint density at radius 2 is 2.00 bits per heavy atom. The molecular formula is HO3Si-. The standard InChI is InChI=1S/HO3Si/c1-4(2)3/h1H/q-1. The van der Waals surface area contributed by atoms with E-state index in [4.69, 9.17) is 14.1 Å². The molecule has 0 atom stereocenters. The van der Waals surface area contributed by atoms with E-state index in [0.29, 0.717) is 0 Å². The molecule has 0 aromatic carbocycles. The zero-order chi connectivity index (χ0) is 3.58. The van der Waals surface area contributed by atoms with E-state index in [1.165, 1.54) is 0 Å². The van der Waals surface area contributed by atoms with Crippen LogP contribution in [0.15, 0.2) is 0 Å². The molecule has 0 unspecified atom stereocenters. The maximum Gasteiger partial charge on any atom is 0.410 e. The molecule has 0 radical (unpaired) electrons. The van der Waals surface area contributed by atoms with Gasteiger partial charge in [0.15, 0.2) is 0 Å². The molecule has 0 aliphatic rings. The summed E-state index contributed by atoms with van der Waals surface area (Å²) in [5, 5.41) is 0. The van der Waals surface area contributed by atoms with Gasteiger partial charge >= 0.3 is 9.17 Å². The third-order valence-corrected chi connectivity index (χ3v) is 0. The molecule has 0 aromatic rings. The van der Waals surface area contributed by atoms with Gasteiger partial charge in [-0.25, -0.2) is 0 Å². The summed E-state index contributed by atoms with van der Waals surface area (Å²) in [6.07, 6.45) is 0. The van der Waals surface area contributed by atoms with Gasteiger partial charge in [0.05, 0.1) is 0 Å². The highest BCUT2D eigenvalue weighted by Crippen LogP contribution is 1.14. The highest BCUT2D eigenvalue weighted by molar-refractivity contribution is 6.19. The minimum atomic E-state index is -3.38. The molecule has 0 amide bonds. The first-order valence-electron chi connectivity index (χ1n) is 0.632. The maximum atomic E-state index is 8.63. The molecule has 0 fully saturated rings. The summed E-state index contributed by atoms with van der Waals surface area (Å²) in [7, 11) is -3.38. The monoisotopic (exact) mass is 77.0 g/mol. The number of hydrogen-bond donors (Lipinski definition) is 1. The molecule has 0 heterocycles. The van der Waals surface area contributed by atoms with Crippen molar-refractivity contribution in [1.82, 2.24) is 0 Å². The van der Waals surface area contributed by atoms with E-state index in [0.717, 1.165) is 0 Å². The minimum absolute atomic E-state index is 3.38. The molecule has 0 aliphatic carbocycles. The van der Waals surface area contributed by atoms with Gasteiger partial charge in [0.1, 0.15) is 0 Å². The zero-order valence-electron chi connectivity index (χ0n) is 1.76. The summed E-state index contributed by atoms with van der Waals surface area (Å²) in [6.45, 7) is 0.